The summed E-state index contributed by atoms with van der Waals surface area (Å²) in [6.45, 7) is 4.04. The number of hydrogen-bond donors (Lipinski definition) is 2. The molecule has 1 aliphatic rings. The van der Waals surface area contributed by atoms with Crippen molar-refractivity contribution in [2.24, 2.45) is 10.8 Å². The van der Waals surface area contributed by atoms with Crippen LogP contribution in [0.2, 0.25) is 0 Å². The lowest BCUT2D eigenvalue weighted by molar-refractivity contribution is 0.242. The van der Waals surface area contributed by atoms with Crippen molar-refractivity contribution in [2.75, 3.05) is 0 Å². The van der Waals surface area contributed by atoms with Crippen molar-refractivity contribution < 1.29 is 4.74 Å². The minimum absolute atomic E-state index is 0.160. The summed E-state index contributed by atoms with van der Waals surface area (Å²) < 4.78 is 5.74. The molecule has 1 saturated carbocycles. The quantitative estimate of drug-likeness (QED) is 0.293. The summed E-state index contributed by atoms with van der Waals surface area (Å²) >= 11 is 0. The summed E-state index contributed by atoms with van der Waals surface area (Å²) in [5, 5.41) is 0. The molecule has 116 valence electrons. The maximum Gasteiger partial charge on any atom is 0.142 e. The summed E-state index contributed by atoms with van der Waals surface area (Å²) in [5.41, 5.74) is 3.75. The lowest BCUT2D eigenvalue weighted by Crippen LogP contribution is -2.32. The first-order chi connectivity index (χ1) is 10.2. The molecule has 4 nitrogen and oxygen atoms in total. The number of hydrogen-bond acceptors (Lipinski definition) is 3. The van der Waals surface area contributed by atoms with Gasteiger partial charge in [-0.15, -0.1) is 0 Å². The van der Waals surface area contributed by atoms with Gasteiger partial charge < -0.3 is 10.2 Å². The molecule has 0 aromatic heterocycles. The van der Waals surface area contributed by atoms with E-state index in [1.165, 1.54) is 25.7 Å². The number of nitrogens with zero attached hydrogens (tertiary/aromatic N) is 1. The molecule has 21 heavy (non-hydrogen) atoms. The normalized spacial score (nSPS) is 17.6. The number of hydrazine groups is 1. The second-order valence-electron chi connectivity index (χ2n) is 5.96. The third-order valence-corrected chi connectivity index (χ3v) is 3.75. The van der Waals surface area contributed by atoms with Gasteiger partial charge in [-0.2, -0.15) is 0 Å². The fourth-order valence-corrected chi connectivity index (χ4v) is 2.75. The molecule has 0 aliphatic heterocycles. The van der Waals surface area contributed by atoms with Gasteiger partial charge in [0.1, 0.15) is 11.6 Å². The molecule has 4 heteroatoms. The number of nitrogens with two attached hydrogens (primary N) is 1. The van der Waals surface area contributed by atoms with Crippen LogP contribution in [-0.4, -0.2) is 18.0 Å². The molecule has 1 aromatic rings. The Morgan fingerprint density at radius 3 is 2.57 bits per heavy atom. The third-order valence-electron chi connectivity index (χ3n) is 3.75. The van der Waals surface area contributed by atoms with Crippen molar-refractivity contribution in [1.29, 1.82) is 0 Å². The average molecular weight is 289 g/mol. The highest BCUT2D eigenvalue weighted by molar-refractivity contribution is 5.98. The fourth-order valence-electron chi connectivity index (χ4n) is 2.75. The van der Waals surface area contributed by atoms with Crippen LogP contribution in [0.15, 0.2) is 29.3 Å². The Bertz CT molecular complexity index is 463. The van der Waals surface area contributed by atoms with Crippen LogP contribution < -0.4 is 16.0 Å². The first-order valence-electron chi connectivity index (χ1n) is 8.00. The van der Waals surface area contributed by atoms with Gasteiger partial charge in [0.05, 0.1) is 12.1 Å². The van der Waals surface area contributed by atoms with Gasteiger partial charge in [0.2, 0.25) is 0 Å². The summed E-state index contributed by atoms with van der Waals surface area (Å²) in [6, 6.07) is 8.34. The van der Waals surface area contributed by atoms with Crippen molar-refractivity contribution >= 4 is 5.84 Å². The minimum atomic E-state index is 0.160. The summed E-state index contributed by atoms with van der Waals surface area (Å²) in [7, 11) is 0. The van der Waals surface area contributed by atoms with E-state index in [2.05, 4.69) is 5.43 Å². The van der Waals surface area contributed by atoms with E-state index < -0.39 is 0 Å². The molecule has 0 amide bonds. The lowest BCUT2D eigenvalue weighted by Gasteiger charge is -2.14. The number of rotatable bonds is 4. The van der Waals surface area contributed by atoms with Gasteiger partial charge in [-0.3, -0.25) is 4.99 Å². The first kappa shape index (κ1) is 15.8. The standard InChI is InChI=1S/C17H27N3O/c1-13(2)21-16-11-7-8-14(12-16)17(20-18)19-15-9-5-3-4-6-10-15/h7-8,11-13,15H,3-6,9-10,18H2,1-2H3,(H,19,20). The van der Waals surface area contributed by atoms with Gasteiger partial charge in [-0.1, -0.05) is 37.8 Å². The zero-order chi connectivity index (χ0) is 15.1. The molecule has 0 spiro atoms. The SMILES string of the molecule is CC(C)Oc1cccc(C(=NC2CCCCCC2)NN)c1. The summed E-state index contributed by atoms with van der Waals surface area (Å²) in [4.78, 5) is 4.83. The topological polar surface area (TPSA) is 59.6 Å². The Morgan fingerprint density at radius 2 is 1.95 bits per heavy atom. The average Bonchev–Trinajstić information content (AvgIpc) is 2.73. The molecule has 0 atom stereocenters. The Labute approximate surface area is 127 Å². The van der Waals surface area contributed by atoms with Crippen molar-refractivity contribution in [2.45, 2.75) is 64.5 Å². The van der Waals surface area contributed by atoms with Gasteiger partial charge in [0.25, 0.3) is 0 Å². The van der Waals surface area contributed by atoms with E-state index in [1.807, 2.05) is 38.1 Å². The Hall–Kier alpha value is -1.55. The van der Waals surface area contributed by atoms with Crippen LogP contribution >= 0.6 is 0 Å². The first-order valence-corrected chi connectivity index (χ1v) is 8.00. The molecule has 0 saturated heterocycles. The maximum absolute atomic E-state index is 5.74. The molecule has 1 aromatic carbocycles. The zero-order valence-corrected chi connectivity index (χ0v) is 13.1. The van der Waals surface area contributed by atoms with Crippen molar-refractivity contribution in [3.05, 3.63) is 29.8 Å². The number of nitrogens with one attached hydrogen (secondary N) is 1. The van der Waals surface area contributed by atoms with E-state index in [0.717, 1.165) is 30.0 Å². The van der Waals surface area contributed by atoms with Gasteiger partial charge in [0.15, 0.2) is 0 Å². The maximum atomic E-state index is 5.74. The number of amidine groups is 1. The van der Waals surface area contributed by atoms with Gasteiger partial charge in [0, 0.05) is 5.56 Å². The molecular formula is C17H27N3O. The fraction of sp³-hybridized carbons (Fsp3) is 0.588. The molecular weight excluding hydrogens is 262 g/mol. The van der Waals surface area contributed by atoms with Crippen molar-refractivity contribution in [1.82, 2.24) is 5.43 Å². The zero-order valence-electron chi connectivity index (χ0n) is 13.1. The highest BCUT2D eigenvalue weighted by Gasteiger charge is 2.13. The highest BCUT2D eigenvalue weighted by Crippen LogP contribution is 2.21. The highest BCUT2D eigenvalue weighted by atomic mass is 16.5. The molecule has 0 heterocycles. The van der Waals surface area contributed by atoms with E-state index >= 15 is 0 Å². The number of ether oxygens (including phenoxy) is 1. The van der Waals surface area contributed by atoms with E-state index in [1.54, 1.807) is 0 Å². The van der Waals surface area contributed by atoms with Crippen molar-refractivity contribution in [3.63, 3.8) is 0 Å². The lowest BCUT2D eigenvalue weighted by atomic mass is 10.1. The van der Waals surface area contributed by atoms with E-state index in [9.17, 15) is 0 Å². The second-order valence-corrected chi connectivity index (χ2v) is 5.96. The van der Waals surface area contributed by atoms with Crippen LogP contribution in [0, 0.1) is 0 Å². The Kier molecular flexibility index (Phi) is 6.05. The molecule has 0 radical (unpaired) electrons. The third kappa shape index (κ3) is 5.05. The van der Waals surface area contributed by atoms with Gasteiger partial charge >= 0.3 is 0 Å². The van der Waals surface area contributed by atoms with Crippen LogP contribution in [0.5, 0.6) is 5.75 Å². The van der Waals surface area contributed by atoms with Crippen molar-refractivity contribution in [3.8, 4) is 5.75 Å². The van der Waals surface area contributed by atoms with Crippen LogP contribution in [0.4, 0.5) is 0 Å². The molecule has 3 N–H and O–H groups in total. The smallest absolute Gasteiger partial charge is 0.142 e. The van der Waals surface area contributed by atoms with Gasteiger partial charge in [-0.25, -0.2) is 5.84 Å². The minimum Gasteiger partial charge on any atom is -0.491 e. The van der Waals surface area contributed by atoms with Crippen LogP contribution in [0.1, 0.15) is 57.9 Å². The largest absolute Gasteiger partial charge is 0.491 e. The second kappa shape index (κ2) is 8.03. The number of aliphatic imine (C=N–C) groups is 1. The summed E-state index contributed by atoms with van der Waals surface area (Å²) in [5.74, 6) is 7.30. The predicted molar refractivity (Wildman–Crippen MR) is 87.6 cm³/mol. The van der Waals surface area contributed by atoms with Crippen LogP contribution in [-0.2, 0) is 0 Å². The summed E-state index contributed by atoms with van der Waals surface area (Å²) in [6.07, 6.45) is 7.67. The van der Waals surface area contributed by atoms with Gasteiger partial charge in [-0.05, 0) is 38.8 Å². The Balaban J connectivity index is 2.15. The van der Waals surface area contributed by atoms with E-state index in [-0.39, 0.29) is 6.10 Å². The predicted octanol–water partition coefficient (Wildman–Crippen LogP) is 3.41. The monoisotopic (exact) mass is 289 g/mol. The van der Waals surface area contributed by atoms with Crippen LogP contribution in [0.3, 0.4) is 0 Å². The molecule has 2 rings (SSSR count). The van der Waals surface area contributed by atoms with E-state index in [0.29, 0.717) is 6.04 Å². The van der Waals surface area contributed by atoms with E-state index in [4.69, 9.17) is 15.6 Å². The molecule has 1 fully saturated rings. The molecule has 0 unspecified atom stereocenters. The molecule has 1 aliphatic carbocycles. The number of benzene rings is 1. The molecule has 0 bridgehead atoms. The Morgan fingerprint density at radius 1 is 1.24 bits per heavy atom. The van der Waals surface area contributed by atoms with Crippen LogP contribution in [0.25, 0.3) is 0 Å².